The van der Waals surface area contributed by atoms with Crippen LogP contribution in [0, 0.1) is 27.7 Å². The number of benzene rings is 21. The molecular formula is C130H85NO6. The molecule has 0 amide bonds. The fourth-order valence-corrected chi connectivity index (χ4v) is 21.0. The molecule has 21 aromatic carbocycles. The van der Waals surface area contributed by atoms with Crippen molar-refractivity contribution in [3.63, 3.8) is 0 Å². The summed E-state index contributed by atoms with van der Waals surface area (Å²) in [5.41, 5.74) is 43.0. The van der Waals surface area contributed by atoms with Crippen molar-refractivity contribution in [1.29, 1.82) is 0 Å². The van der Waals surface area contributed by atoms with Gasteiger partial charge in [-0.1, -0.05) is 277 Å². The third-order valence-electron chi connectivity index (χ3n) is 27.4. The van der Waals surface area contributed by atoms with Crippen LogP contribution in [0.25, 0.3) is 270 Å². The van der Waals surface area contributed by atoms with Crippen molar-refractivity contribution in [2.24, 2.45) is 0 Å². The molecule has 0 atom stereocenters. The molecule has 7 aromatic heterocycles. The maximum Gasteiger partial charge on any atom is 0.135 e. The minimum atomic E-state index is 0.894. The first-order valence-corrected chi connectivity index (χ1v) is 46.7. The Balaban J connectivity index is 0.000000108. The van der Waals surface area contributed by atoms with Gasteiger partial charge in [0.15, 0.2) is 0 Å². The summed E-state index contributed by atoms with van der Waals surface area (Å²) >= 11 is 0. The van der Waals surface area contributed by atoms with E-state index in [0.29, 0.717) is 0 Å². The SMILES string of the molecule is Cc1cc(C)cc(-c2cc(-c3cc(C)cc(C)c3)cc(-c3cc(-c4ccc5oc6ccccc6c5c4)cc(-n4c5ccccc5c5ccccc54)c3)c2)c1.c1cc(-c2cccc(-c3ccc4oc5ccccc5c4c3)c2)cc(-c2ccc3oc4ccccc4c3c2)c1.c1ccc2c(c1)oc1ccc(-c3cc(-c4ccc5oc6ccccc6c5c4)cc(-c4ccc5oc6ccccc6c5c4)c3)cc12. The minimum Gasteiger partial charge on any atom is -0.456 e. The molecule has 0 saturated carbocycles. The normalized spacial score (nSPS) is 11.8. The highest BCUT2D eigenvalue weighted by Crippen LogP contribution is 2.46. The van der Waals surface area contributed by atoms with Crippen LogP contribution in [0.5, 0.6) is 0 Å². The predicted octanol–water partition coefficient (Wildman–Crippen LogP) is 37.5. The number of hydrogen-bond donors (Lipinski definition) is 0. The largest absolute Gasteiger partial charge is 0.456 e. The zero-order valence-electron chi connectivity index (χ0n) is 75.5. The topological polar surface area (TPSA) is 83.8 Å². The minimum absolute atomic E-state index is 0.894. The Morgan fingerprint density at radius 1 is 0.124 bits per heavy atom. The van der Waals surface area contributed by atoms with Crippen molar-refractivity contribution in [3.8, 4) is 117 Å². The number of aryl methyl sites for hydroxylation is 4. The molecule has 0 aliphatic heterocycles. The Hall–Kier alpha value is -17.8. The van der Waals surface area contributed by atoms with Gasteiger partial charge in [0.05, 0.1) is 11.0 Å². The van der Waals surface area contributed by atoms with Crippen LogP contribution in [0.4, 0.5) is 0 Å². The Morgan fingerprint density at radius 3 is 0.555 bits per heavy atom. The van der Waals surface area contributed by atoms with Crippen LogP contribution in [0.1, 0.15) is 22.3 Å². The van der Waals surface area contributed by atoms with Crippen molar-refractivity contribution < 1.29 is 26.5 Å². The van der Waals surface area contributed by atoms with Gasteiger partial charge in [-0.25, -0.2) is 0 Å². The van der Waals surface area contributed by atoms with Gasteiger partial charge in [0, 0.05) is 81.1 Å². The van der Waals surface area contributed by atoms with E-state index in [1.807, 2.05) is 72.8 Å². The molecule has 0 unspecified atom stereocenters. The van der Waals surface area contributed by atoms with Crippen LogP contribution < -0.4 is 0 Å². The Labute approximate surface area is 788 Å². The van der Waals surface area contributed by atoms with E-state index in [1.54, 1.807) is 0 Å². The highest BCUT2D eigenvalue weighted by atomic mass is 16.3. The van der Waals surface area contributed by atoms with Crippen LogP contribution in [-0.4, -0.2) is 4.57 Å². The molecule has 0 aliphatic rings. The molecule has 7 heteroatoms. The van der Waals surface area contributed by atoms with Crippen molar-refractivity contribution in [2.45, 2.75) is 27.7 Å². The number of para-hydroxylation sites is 8. The third-order valence-corrected chi connectivity index (χ3v) is 27.4. The molecular weight excluding hydrogens is 1670 g/mol. The summed E-state index contributed by atoms with van der Waals surface area (Å²) in [5, 5.41) is 16.1. The predicted molar refractivity (Wildman–Crippen MR) is 571 cm³/mol. The standard InChI is InChI=1S/C52H39NO.C42H24O3.C36H22O2/c1-32-19-33(2)22-37(21-32)39-25-40(38-23-34(3)20-35(4)24-38)27-41(26-39)43-28-42(36-17-18-52-48(31-36)47-13-7-10-16-51(47)54-52)29-44(30-43)53-49-14-8-5-11-45(49)46-12-6-9-15-50(46)53;1-4-10-37-31(7-1)34-22-25(13-16-40(34)43-37)28-19-29(26-14-17-41-35(23-26)32-8-2-5-11-38(32)44-41)21-30(20-28)27-15-18-42-36(24-27)33-9-3-6-12-39(33)45-42;1-3-13-33-29(11-1)31-21-27(15-17-35(31)37-33)25-9-5-7-23(19-25)24-8-6-10-26(20-24)28-16-18-36-32(22-28)30-12-2-4-14-34(30)38-36/h5-31H,1-4H3;1-24H;1-22H. The summed E-state index contributed by atoms with van der Waals surface area (Å²) in [6, 6.07) is 158. The summed E-state index contributed by atoms with van der Waals surface area (Å²) in [6.45, 7) is 8.75. The number of fused-ring (bicyclic) bond motifs is 21. The second-order valence-electron chi connectivity index (χ2n) is 36.5. The van der Waals surface area contributed by atoms with Gasteiger partial charge in [-0.2, -0.15) is 0 Å². The summed E-state index contributed by atoms with van der Waals surface area (Å²) in [4.78, 5) is 0. The Morgan fingerprint density at radius 2 is 0.299 bits per heavy atom. The average molecular weight is 1760 g/mol. The second kappa shape index (κ2) is 32.6. The van der Waals surface area contributed by atoms with Gasteiger partial charge >= 0.3 is 0 Å². The number of furan rings is 6. The first-order chi connectivity index (χ1) is 67.4. The fraction of sp³-hybridized carbons (Fsp3) is 0.0308. The lowest BCUT2D eigenvalue weighted by molar-refractivity contribution is 0.668. The van der Waals surface area contributed by atoms with E-state index in [2.05, 4.69) is 402 Å². The molecule has 28 aromatic rings. The highest BCUT2D eigenvalue weighted by molar-refractivity contribution is 6.14. The van der Waals surface area contributed by atoms with Gasteiger partial charge in [-0.15, -0.1) is 0 Å². The van der Waals surface area contributed by atoms with Crippen LogP contribution in [0.2, 0.25) is 0 Å². The maximum atomic E-state index is 6.26. The van der Waals surface area contributed by atoms with Crippen molar-refractivity contribution in [1.82, 2.24) is 4.57 Å². The molecule has 0 aliphatic carbocycles. The number of hydrogen-bond acceptors (Lipinski definition) is 6. The smallest absolute Gasteiger partial charge is 0.135 e. The quantitative estimate of drug-likeness (QED) is 0.128. The fourth-order valence-electron chi connectivity index (χ4n) is 21.0. The van der Waals surface area contributed by atoms with Crippen LogP contribution in [-0.2, 0) is 0 Å². The molecule has 7 nitrogen and oxygen atoms in total. The zero-order chi connectivity index (χ0) is 91.0. The van der Waals surface area contributed by atoms with Gasteiger partial charge in [0.2, 0.25) is 0 Å². The molecule has 28 rings (SSSR count). The van der Waals surface area contributed by atoms with Gasteiger partial charge in [0.1, 0.15) is 67.0 Å². The monoisotopic (exact) mass is 1760 g/mol. The average Bonchev–Trinajstić information content (AvgIpc) is 1.60. The summed E-state index contributed by atoms with van der Waals surface area (Å²) < 4.78 is 39.2. The van der Waals surface area contributed by atoms with Gasteiger partial charge in [-0.3, -0.25) is 0 Å². The molecule has 0 saturated heterocycles. The van der Waals surface area contributed by atoms with Crippen molar-refractivity contribution in [2.75, 3.05) is 0 Å². The Bertz CT molecular complexity index is 9130. The molecule has 646 valence electrons. The van der Waals surface area contributed by atoms with E-state index in [9.17, 15) is 0 Å². The molecule has 0 fully saturated rings. The first-order valence-electron chi connectivity index (χ1n) is 46.7. The summed E-state index contributed by atoms with van der Waals surface area (Å²) in [5.74, 6) is 0. The van der Waals surface area contributed by atoms with E-state index in [1.165, 1.54) is 111 Å². The molecule has 7 heterocycles. The van der Waals surface area contributed by atoms with Gasteiger partial charge in [-0.05, 0) is 327 Å². The molecule has 0 bridgehead atoms. The van der Waals surface area contributed by atoms with E-state index < -0.39 is 0 Å². The molecule has 0 radical (unpaired) electrons. The lowest BCUT2D eigenvalue weighted by Crippen LogP contribution is -1.96. The van der Waals surface area contributed by atoms with Gasteiger partial charge < -0.3 is 31.1 Å². The molecule has 137 heavy (non-hydrogen) atoms. The lowest BCUT2D eigenvalue weighted by atomic mass is 9.90. The van der Waals surface area contributed by atoms with Crippen molar-refractivity contribution in [3.05, 3.63) is 465 Å². The third kappa shape index (κ3) is 14.5. The number of aromatic nitrogens is 1. The summed E-state index contributed by atoms with van der Waals surface area (Å²) in [7, 11) is 0. The summed E-state index contributed by atoms with van der Waals surface area (Å²) in [6.07, 6.45) is 0. The maximum absolute atomic E-state index is 6.26. The number of nitrogens with zero attached hydrogens (tertiary/aromatic N) is 1. The second-order valence-corrected chi connectivity index (χ2v) is 36.5. The Kier molecular flexibility index (Phi) is 19.1. The van der Waals surface area contributed by atoms with E-state index >= 15 is 0 Å². The molecule has 0 N–H and O–H groups in total. The van der Waals surface area contributed by atoms with E-state index in [-0.39, 0.29) is 0 Å². The lowest BCUT2D eigenvalue weighted by Gasteiger charge is -2.17. The zero-order valence-corrected chi connectivity index (χ0v) is 75.5. The van der Waals surface area contributed by atoms with Gasteiger partial charge in [0.25, 0.3) is 0 Å². The van der Waals surface area contributed by atoms with E-state index in [4.69, 9.17) is 26.5 Å². The number of rotatable bonds is 11. The molecule has 0 spiro atoms. The van der Waals surface area contributed by atoms with E-state index in [0.717, 1.165) is 182 Å². The highest BCUT2D eigenvalue weighted by Gasteiger charge is 2.22. The first kappa shape index (κ1) is 80.1. The van der Waals surface area contributed by atoms with Crippen molar-refractivity contribution >= 4 is 153 Å². The van der Waals surface area contributed by atoms with Crippen LogP contribution >= 0.6 is 0 Å². The van der Waals surface area contributed by atoms with Crippen LogP contribution in [0.3, 0.4) is 0 Å². The van der Waals surface area contributed by atoms with Crippen LogP contribution in [0.15, 0.2) is 469 Å².